The molecule has 0 aromatic heterocycles. The monoisotopic (exact) mass is 546 g/mol. The Hall–Kier alpha value is -2.53. The van der Waals surface area contributed by atoms with Gasteiger partial charge in [0, 0.05) is 13.1 Å². The molecule has 2 saturated heterocycles. The highest BCUT2D eigenvalue weighted by Crippen LogP contribution is 2.34. The molecule has 0 bridgehead atoms. The van der Waals surface area contributed by atoms with Crippen molar-refractivity contribution in [2.45, 2.75) is 65.5 Å². The molecule has 0 spiro atoms. The van der Waals surface area contributed by atoms with E-state index in [1.807, 2.05) is 6.07 Å². The van der Waals surface area contributed by atoms with Crippen LogP contribution in [0.25, 0.3) is 11.1 Å². The van der Waals surface area contributed by atoms with Crippen LogP contribution in [-0.4, -0.2) is 49.1 Å². The van der Waals surface area contributed by atoms with Crippen LogP contribution in [-0.2, 0) is 13.2 Å². The number of benzene rings is 3. The number of ether oxygens (including phenoxy) is 2. The Morgan fingerprint density at radius 2 is 1.41 bits per heavy atom. The van der Waals surface area contributed by atoms with Gasteiger partial charge in [-0.3, -0.25) is 4.90 Å². The Morgan fingerprint density at radius 1 is 0.718 bits per heavy atom. The third kappa shape index (κ3) is 7.36. The molecule has 2 heterocycles. The Bertz CT molecular complexity index is 1230. The van der Waals surface area contributed by atoms with E-state index in [0.717, 1.165) is 43.2 Å². The average molecular weight is 547 g/mol. The highest BCUT2D eigenvalue weighted by Gasteiger charge is 2.15. The maximum Gasteiger partial charge on any atom is 0.138 e. The molecule has 0 radical (unpaired) electrons. The fourth-order valence-corrected chi connectivity index (χ4v) is 6.22. The molecule has 208 valence electrons. The van der Waals surface area contributed by atoms with Gasteiger partial charge in [-0.25, -0.2) is 0 Å². The molecule has 4 nitrogen and oxygen atoms in total. The minimum Gasteiger partial charge on any atom is -0.493 e. The fraction of sp³-hybridized carbons (Fsp3) is 0.471. The van der Waals surface area contributed by atoms with Crippen LogP contribution in [0.5, 0.6) is 11.5 Å². The minimum absolute atomic E-state index is 0.483. The summed E-state index contributed by atoms with van der Waals surface area (Å²) in [5.41, 5.74) is 7.26. The van der Waals surface area contributed by atoms with E-state index in [4.69, 9.17) is 21.1 Å². The molecule has 0 amide bonds. The lowest BCUT2D eigenvalue weighted by molar-refractivity contribution is 0.221. The minimum atomic E-state index is 0.483. The van der Waals surface area contributed by atoms with Crippen molar-refractivity contribution in [2.24, 2.45) is 0 Å². The summed E-state index contributed by atoms with van der Waals surface area (Å²) in [7, 11) is 0. The molecule has 0 saturated carbocycles. The second-order valence-electron chi connectivity index (χ2n) is 11.2. The maximum atomic E-state index is 6.65. The Morgan fingerprint density at radius 3 is 2.18 bits per heavy atom. The highest BCUT2D eigenvalue weighted by molar-refractivity contribution is 6.32. The van der Waals surface area contributed by atoms with Gasteiger partial charge < -0.3 is 14.4 Å². The normalized spacial score (nSPS) is 16.5. The van der Waals surface area contributed by atoms with Crippen LogP contribution >= 0.6 is 11.6 Å². The molecule has 0 unspecified atom stereocenters. The standard InChI is InChI=1S/C34H43ClN2O2/c1-26-29(25-39-34-16-15-28(23-32(34)35)24-37-19-4-3-5-20-37)11-8-12-30(26)31-13-9-14-33(27(31)2)38-22-10-21-36-17-6-7-18-36/h8-9,11-16,23H,3-7,10,17-22,24-25H2,1-2H3. The molecule has 5 rings (SSSR count). The van der Waals surface area contributed by atoms with Crippen molar-refractivity contribution in [3.8, 4) is 22.6 Å². The molecule has 39 heavy (non-hydrogen) atoms. The van der Waals surface area contributed by atoms with Crippen LogP contribution < -0.4 is 9.47 Å². The fourth-order valence-electron chi connectivity index (χ4n) is 5.96. The lowest BCUT2D eigenvalue weighted by atomic mass is 9.93. The van der Waals surface area contributed by atoms with Crippen LogP contribution in [0.2, 0.25) is 5.02 Å². The van der Waals surface area contributed by atoms with Gasteiger partial charge in [0.2, 0.25) is 0 Å². The Labute approximate surface area is 239 Å². The topological polar surface area (TPSA) is 24.9 Å². The molecular formula is C34H43ClN2O2. The second kappa shape index (κ2) is 13.7. The van der Waals surface area contributed by atoms with Crippen LogP contribution in [0.4, 0.5) is 0 Å². The number of hydrogen-bond donors (Lipinski definition) is 0. The summed E-state index contributed by atoms with van der Waals surface area (Å²) in [6.07, 6.45) is 7.68. The van der Waals surface area contributed by atoms with Crippen molar-refractivity contribution < 1.29 is 9.47 Å². The predicted molar refractivity (Wildman–Crippen MR) is 162 cm³/mol. The summed E-state index contributed by atoms with van der Waals surface area (Å²) >= 11 is 6.65. The predicted octanol–water partition coefficient (Wildman–Crippen LogP) is 8.05. The van der Waals surface area contributed by atoms with Gasteiger partial charge in [0.25, 0.3) is 0 Å². The van der Waals surface area contributed by atoms with Gasteiger partial charge >= 0.3 is 0 Å². The van der Waals surface area contributed by atoms with Crippen LogP contribution in [0.1, 0.15) is 60.8 Å². The molecule has 2 aliphatic heterocycles. The second-order valence-corrected chi connectivity index (χ2v) is 11.6. The van der Waals surface area contributed by atoms with Crippen molar-refractivity contribution in [2.75, 3.05) is 39.3 Å². The summed E-state index contributed by atoms with van der Waals surface area (Å²) in [5.74, 6) is 1.72. The number of likely N-dealkylation sites (tertiary alicyclic amines) is 2. The lowest BCUT2D eigenvalue weighted by Gasteiger charge is -2.26. The van der Waals surface area contributed by atoms with E-state index in [0.29, 0.717) is 11.6 Å². The molecule has 3 aromatic rings. The summed E-state index contributed by atoms with van der Waals surface area (Å²) in [4.78, 5) is 5.06. The van der Waals surface area contributed by atoms with Crippen molar-refractivity contribution >= 4 is 11.6 Å². The number of halogens is 1. The van der Waals surface area contributed by atoms with Crippen molar-refractivity contribution in [3.05, 3.63) is 81.9 Å². The summed E-state index contributed by atoms with van der Waals surface area (Å²) in [6, 6.07) is 19.1. The maximum absolute atomic E-state index is 6.65. The van der Waals surface area contributed by atoms with Crippen molar-refractivity contribution in [1.29, 1.82) is 0 Å². The molecule has 3 aromatic carbocycles. The molecule has 0 N–H and O–H groups in total. The third-order valence-electron chi connectivity index (χ3n) is 8.33. The lowest BCUT2D eigenvalue weighted by Crippen LogP contribution is -2.29. The molecular weight excluding hydrogens is 504 g/mol. The largest absolute Gasteiger partial charge is 0.493 e. The van der Waals surface area contributed by atoms with Crippen LogP contribution in [0.15, 0.2) is 54.6 Å². The zero-order valence-corrected chi connectivity index (χ0v) is 24.4. The SMILES string of the molecule is Cc1c(COc2ccc(CN3CCCCC3)cc2Cl)cccc1-c1cccc(OCCCN2CCCC2)c1C. The van der Waals surface area contributed by atoms with Crippen molar-refractivity contribution in [1.82, 2.24) is 9.80 Å². The first-order valence-corrected chi connectivity index (χ1v) is 15.1. The van der Waals surface area contributed by atoms with Crippen LogP contribution in [0.3, 0.4) is 0 Å². The van der Waals surface area contributed by atoms with Gasteiger partial charge in [0.1, 0.15) is 18.1 Å². The molecule has 0 aliphatic carbocycles. The first kappa shape index (κ1) is 28.0. The van der Waals surface area contributed by atoms with E-state index in [2.05, 4.69) is 72.2 Å². The number of hydrogen-bond acceptors (Lipinski definition) is 4. The zero-order chi connectivity index (χ0) is 27.0. The number of piperidine rings is 1. The summed E-state index contributed by atoms with van der Waals surface area (Å²) in [6.45, 7) is 12.5. The van der Waals surface area contributed by atoms with Crippen molar-refractivity contribution in [3.63, 3.8) is 0 Å². The highest BCUT2D eigenvalue weighted by atomic mass is 35.5. The number of nitrogens with zero attached hydrogens (tertiary/aromatic N) is 2. The average Bonchev–Trinajstić information content (AvgIpc) is 3.47. The summed E-state index contributed by atoms with van der Waals surface area (Å²) < 4.78 is 12.5. The number of rotatable bonds is 11. The van der Waals surface area contributed by atoms with E-state index in [1.165, 1.54) is 86.1 Å². The Kier molecular flexibility index (Phi) is 9.84. The first-order chi connectivity index (χ1) is 19.1. The van der Waals surface area contributed by atoms with Gasteiger partial charge in [0.15, 0.2) is 0 Å². The summed E-state index contributed by atoms with van der Waals surface area (Å²) in [5, 5.41) is 0.684. The Balaban J connectivity index is 1.21. The molecule has 2 fully saturated rings. The van der Waals surface area contributed by atoms with E-state index < -0.39 is 0 Å². The van der Waals surface area contributed by atoms with Gasteiger partial charge in [0.05, 0.1) is 11.6 Å². The quantitative estimate of drug-likeness (QED) is 0.227. The van der Waals surface area contributed by atoms with Gasteiger partial charge in [-0.15, -0.1) is 0 Å². The smallest absolute Gasteiger partial charge is 0.138 e. The zero-order valence-electron chi connectivity index (χ0n) is 23.7. The van der Waals surface area contributed by atoms with Gasteiger partial charge in [-0.1, -0.05) is 54.4 Å². The third-order valence-corrected chi connectivity index (χ3v) is 8.62. The molecule has 2 aliphatic rings. The molecule has 0 atom stereocenters. The first-order valence-electron chi connectivity index (χ1n) is 14.8. The van der Waals surface area contributed by atoms with Gasteiger partial charge in [-0.05, 0) is 124 Å². The van der Waals surface area contributed by atoms with E-state index in [1.54, 1.807) is 0 Å². The van der Waals surface area contributed by atoms with Crippen LogP contribution in [0, 0.1) is 13.8 Å². The van der Waals surface area contributed by atoms with E-state index >= 15 is 0 Å². The van der Waals surface area contributed by atoms with Gasteiger partial charge in [-0.2, -0.15) is 0 Å². The van der Waals surface area contributed by atoms with E-state index in [9.17, 15) is 0 Å². The molecule has 5 heteroatoms. The van der Waals surface area contributed by atoms with E-state index in [-0.39, 0.29) is 0 Å².